The standard InChI is InChI=1S/C21H19ClF2N4O3/c1-11(27-18(29)7-12-5-15(23)9-16(24)6-12)19(30)21(25)20(31)28(2)17-4-3-14(22)8-13(17)10-26-21/h3-6,8-11H,7,25H2,1-2H3,(H,27,29)/t11-,21?/m0/s1. The second kappa shape index (κ2) is 8.52. The van der Waals surface area contributed by atoms with Crippen LogP contribution in [0.1, 0.15) is 18.1 Å². The number of rotatable bonds is 5. The van der Waals surface area contributed by atoms with Crippen molar-refractivity contribution in [1.29, 1.82) is 0 Å². The monoisotopic (exact) mass is 448 g/mol. The molecule has 0 saturated heterocycles. The molecule has 2 amide bonds. The number of carbonyl (C=O) groups is 3. The van der Waals surface area contributed by atoms with Gasteiger partial charge in [0, 0.05) is 29.9 Å². The van der Waals surface area contributed by atoms with Gasteiger partial charge in [-0.15, -0.1) is 0 Å². The topological polar surface area (TPSA) is 105 Å². The lowest BCUT2D eigenvalue weighted by atomic mass is 9.98. The number of benzodiazepines with no additional fused rings is 1. The minimum absolute atomic E-state index is 0.0905. The van der Waals surface area contributed by atoms with Crippen molar-refractivity contribution in [2.75, 3.05) is 11.9 Å². The summed E-state index contributed by atoms with van der Waals surface area (Å²) >= 11 is 5.98. The number of carbonyl (C=O) groups excluding carboxylic acids is 3. The van der Waals surface area contributed by atoms with Crippen LogP contribution in [0.15, 0.2) is 41.4 Å². The molecular weight excluding hydrogens is 430 g/mol. The van der Waals surface area contributed by atoms with Gasteiger partial charge in [0.25, 0.3) is 5.91 Å². The molecule has 0 saturated carbocycles. The fourth-order valence-corrected chi connectivity index (χ4v) is 3.46. The van der Waals surface area contributed by atoms with Crippen LogP contribution < -0.4 is 16.0 Å². The minimum Gasteiger partial charge on any atom is -0.346 e. The molecule has 0 aromatic heterocycles. The molecule has 1 heterocycles. The molecule has 3 N–H and O–H groups in total. The van der Waals surface area contributed by atoms with E-state index in [1.165, 1.54) is 25.1 Å². The first-order chi connectivity index (χ1) is 14.5. The van der Waals surface area contributed by atoms with Crippen LogP contribution in [0.4, 0.5) is 14.5 Å². The summed E-state index contributed by atoms with van der Waals surface area (Å²) in [5.41, 5.74) is 4.87. The fraction of sp³-hybridized carbons (Fsp3) is 0.238. The van der Waals surface area contributed by atoms with Crippen LogP contribution >= 0.6 is 11.6 Å². The molecule has 0 spiro atoms. The summed E-state index contributed by atoms with van der Waals surface area (Å²) in [4.78, 5) is 43.4. The zero-order valence-electron chi connectivity index (χ0n) is 16.7. The lowest BCUT2D eigenvalue weighted by Gasteiger charge is -2.28. The van der Waals surface area contributed by atoms with Crippen molar-refractivity contribution in [3.8, 4) is 0 Å². The van der Waals surface area contributed by atoms with E-state index in [0.717, 1.165) is 12.1 Å². The average molecular weight is 449 g/mol. The number of halogens is 3. The number of amides is 2. The molecule has 1 aliphatic rings. The Labute approximate surface area is 181 Å². The molecule has 2 aromatic carbocycles. The maximum atomic E-state index is 13.3. The first-order valence-corrected chi connectivity index (χ1v) is 9.59. The highest BCUT2D eigenvalue weighted by molar-refractivity contribution is 6.31. The van der Waals surface area contributed by atoms with E-state index < -0.39 is 40.9 Å². The van der Waals surface area contributed by atoms with Gasteiger partial charge in [0.2, 0.25) is 17.4 Å². The van der Waals surface area contributed by atoms with E-state index in [1.807, 2.05) is 0 Å². The minimum atomic E-state index is -2.28. The number of aliphatic imine (C=N–C) groups is 1. The lowest BCUT2D eigenvalue weighted by Crippen LogP contribution is -2.63. The van der Waals surface area contributed by atoms with Crippen molar-refractivity contribution in [2.24, 2.45) is 10.7 Å². The van der Waals surface area contributed by atoms with E-state index in [1.54, 1.807) is 18.2 Å². The molecule has 0 aliphatic carbocycles. The van der Waals surface area contributed by atoms with Crippen LogP contribution in [0, 0.1) is 11.6 Å². The second-order valence-corrected chi connectivity index (χ2v) is 7.64. The second-order valence-electron chi connectivity index (χ2n) is 7.20. The smallest absolute Gasteiger partial charge is 0.277 e. The Morgan fingerprint density at radius 2 is 1.87 bits per heavy atom. The van der Waals surface area contributed by atoms with Gasteiger partial charge in [0.1, 0.15) is 11.6 Å². The van der Waals surface area contributed by atoms with Crippen molar-refractivity contribution in [3.05, 3.63) is 64.2 Å². The van der Waals surface area contributed by atoms with E-state index in [2.05, 4.69) is 10.3 Å². The largest absolute Gasteiger partial charge is 0.346 e. The van der Waals surface area contributed by atoms with Gasteiger partial charge in [-0.25, -0.2) is 8.78 Å². The van der Waals surface area contributed by atoms with Crippen molar-refractivity contribution in [3.63, 3.8) is 0 Å². The maximum absolute atomic E-state index is 13.3. The SMILES string of the molecule is C[C@H](NC(=O)Cc1cc(F)cc(F)c1)C(=O)C1(N)N=Cc2cc(Cl)ccc2N(C)C1=O. The Hall–Kier alpha value is -3.17. The summed E-state index contributed by atoms with van der Waals surface area (Å²) in [6, 6.07) is 6.26. The highest BCUT2D eigenvalue weighted by Crippen LogP contribution is 2.28. The first kappa shape index (κ1) is 22.5. The van der Waals surface area contributed by atoms with Gasteiger partial charge < -0.3 is 10.2 Å². The number of likely N-dealkylation sites (N-methyl/N-ethyl adjacent to an activating group) is 1. The predicted octanol–water partition coefficient (Wildman–Crippen LogP) is 1.98. The first-order valence-electron chi connectivity index (χ1n) is 9.21. The predicted molar refractivity (Wildman–Crippen MR) is 112 cm³/mol. The third-order valence-electron chi connectivity index (χ3n) is 4.82. The highest BCUT2D eigenvalue weighted by atomic mass is 35.5. The molecule has 1 aliphatic heterocycles. The van der Waals surface area contributed by atoms with E-state index in [-0.39, 0.29) is 12.0 Å². The highest BCUT2D eigenvalue weighted by Gasteiger charge is 2.47. The number of nitrogens with one attached hydrogen (secondary N) is 1. The Morgan fingerprint density at radius 3 is 2.52 bits per heavy atom. The maximum Gasteiger partial charge on any atom is 0.277 e. The molecule has 0 bridgehead atoms. The van der Waals surface area contributed by atoms with Crippen molar-refractivity contribution >= 4 is 41.1 Å². The van der Waals surface area contributed by atoms with Crippen LogP contribution in [0.25, 0.3) is 0 Å². The summed E-state index contributed by atoms with van der Waals surface area (Å²) in [7, 11) is 1.44. The number of Topliss-reactive ketones (excluding diaryl/α,β-unsaturated/α-hetero) is 1. The number of benzene rings is 2. The summed E-state index contributed by atoms with van der Waals surface area (Å²) in [6.45, 7) is 1.35. The lowest BCUT2D eigenvalue weighted by molar-refractivity contribution is -0.136. The Morgan fingerprint density at radius 1 is 1.23 bits per heavy atom. The summed E-state index contributed by atoms with van der Waals surface area (Å²) in [6.07, 6.45) is 0.912. The Balaban J connectivity index is 1.78. The molecule has 0 radical (unpaired) electrons. The molecular formula is C21H19ClF2N4O3. The van der Waals surface area contributed by atoms with Crippen molar-refractivity contribution in [2.45, 2.75) is 25.0 Å². The van der Waals surface area contributed by atoms with E-state index in [9.17, 15) is 23.2 Å². The Kier molecular flexibility index (Phi) is 6.19. The third kappa shape index (κ3) is 4.62. The van der Waals surface area contributed by atoms with Gasteiger partial charge in [0.15, 0.2) is 0 Å². The zero-order chi connectivity index (χ0) is 22.9. The molecule has 3 rings (SSSR count). The number of hydrogen-bond acceptors (Lipinski definition) is 5. The number of ketones is 1. The molecule has 2 atom stereocenters. The third-order valence-corrected chi connectivity index (χ3v) is 5.06. The molecule has 31 heavy (non-hydrogen) atoms. The van der Waals surface area contributed by atoms with Gasteiger partial charge in [-0.2, -0.15) is 0 Å². The molecule has 7 nitrogen and oxygen atoms in total. The van der Waals surface area contributed by atoms with Crippen LogP contribution in [0.3, 0.4) is 0 Å². The number of hydrogen-bond donors (Lipinski definition) is 2. The number of nitrogens with two attached hydrogens (primary N) is 1. The fourth-order valence-electron chi connectivity index (χ4n) is 3.28. The van der Waals surface area contributed by atoms with Gasteiger partial charge >= 0.3 is 0 Å². The summed E-state index contributed by atoms with van der Waals surface area (Å²) in [5.74, 6) is -3.97. The van der Waals surface area contributed by atoms with Crippen LogP contribution in [0.2, 0.25) is 5.02 Å². The van der Waals surface area contributed by atoms with Gasteiger partial charge in [-0.1, -0.05) is 11.6 Å². The van der Waals surface area contributed by atoms with Gasteiger partial charge in [0.05, 0.1) is 18.2 Å². The normalized spacial score (nSPS) is 18.9. The van der Waals surface area contributed by atoms with Crippen molar-refractivity contribution < 1.29 is 23.2 Å². The zero-order valence-corrected chi connectivity index (χ0v) is 17.4. The van der Waals surface area contributed by atoms with Crippen LogP contribution in [0.5, 0.6) is 0 Å². The van der Waals surface area contributed by atoms with Gasteiger partial charge in [-0.3, -0.25) is 25.1 Å². The molecule has 2 aromatic rings. The average Bonchev–Trinajstić information content (AvgIpc) is 2.77. The Bertz CT molecular complexity index is 1090. The number of nitrogens with zero attached hydrogens (tertiary/aromatic N) is 2. The summed E-state index contributed by atoms with van der Waals surface area (Å²) < 4.78 is 26.6. The van der Waals surface area contributed by atoms with Crippen LogP contribution in [-0.2, 0) is 20.8 Å². The number of fused-ring (bicyclic) bond motifs is 1. The molecule has 10 heteroatoms. The molecule has 162 valence electrons. The van der Waals surface area contributed by atoms with Crippen molar-refractivity contribution in [1.82, 2.24) is 5.32 Å². The molecule has 0 fully saturated rings. The quantitative estimate of drug-likeness (QED) is 0.682. The van der Waals surface area contributed by atoms with E-state index in [0.29, 0.717) is 22.3 Å². The van der Waals surface area contributed by atoms with E-state index >= 15 is 0 Å². The summed E-state index contributed by atoms with van der Waals surface area (Å²) in [5, 5.41) is 2.81. The number of anilines is 1. The molecule has 1 unspecified atom stereocenters. The van der Waals surface area contributed by atoms with Crippen LogP contribution in [-0.4, -0.2) is 42.6 Å². The van der Waals surface area contributed by atoms with Gasteiger partial charge in [-0.05, 0) is 42.8 Å². The van der Waals surface area contributed by atoms with E-state index in [4.69, 9.17) is 17.3 Å².